The number of thiophene rings is 2. The van der Waals surface area contributed by atoms with Crippen LogP contribution in [0.25, 0.3) is 31.6 Å². The Morgan fingerprint density at radius 3 is 2.40 bits per heavy atom. The highest BCUT2D eigenvalue weighted by Crippen LogP contribution is 2.49. The third kappa shape index (κ3) is 5.35. The summed E-state index contributed by atoms with van der Waals surface area (Å²) in [5.41, 5.74) is 6.35. The number of benzene rings is 1. The van der Waals surface area contributed by atoms with E-state index in [4.69, 9.17) is 15.0 Å². The van der Waals surface area contributed by atoms with E-state index in [2.05, 4.69) is 132 Å². The van der Waals surface area contributed by atoms with Crippen LogP contribution < -0.4 is 4.90 Å². The van der Waals surface area contributed by atoms with Gasteiger partial charge in [0.2, 0.25) is 0 Å². The Kier molecular flexibility index (Phi) is 7.40. The van der Waals surface area contributed by atoms with Crippen molar-refractivity contribution in [3.8, 4) is 20.5 Å². The molecule has 0 spiro atoms. The fourth-order valence-electron chi connectivity index (χ4n) is 7.24. The Labute approximate surface area is 284 Å². The molecule has 9 rings (SSSR count). The molecule has 0 saturated carbocycles. The summed E-state index contributed by atoms with van der Waals surface area (Å²) in [5, 5.41) is 0. The van der Waals surface area contributed by atoms with Gasteiger partial charge in [0.1, 0.15) is 0 Å². The first-order chi connectivity index (χ1) is 23.3. The van der Waals surface area contributed by atoms with Crippen LogP contribution in [-0.2, 0) is 0 Å². The Balaban J connectivity index is 1.01. The maximum atomic E-state index is 5.01. The summed E-state index contributed by atoms with van der Waals surface area (Å²) in [6.45, 7) is 0. The quantitative estimate of drug-likeness (QED) is 0.209. The molecule has 1 aliphatic heterocycles. The topological polar surface area (TPSA) is 41.9 Å². The van der Waals surface area contributed by atoms with Crippen LogP contribution in [0.3, 0.4) is 0 Å². The minimum atomic E-state index is 0.329. The molecule has 1 saturated heterocycles. The second kappa shape index (κ2) is 12.2. The summed E-state index contributed by atoms with van der Waals surface area (Å²) in [4.78, 5) is 22.5. The van der Waals surface area contributed by atoms with Gasteiger partial charge >= 0.3 is 0 Å². The average Bonchev–Trinajstić information content (AvgIpc) is 3.91. The number of anilines is 1. The second-order valence-corrected chi connectivity index (χ2v) is 14.7. The van der Waals surface area contributed by atoms with Crippen molar-refractivity contribution in [1.82, 2.24) is 15.0 Å². The van der Waals surface area contributed by atoms with Crippen molar-refractivity contribution >= 4 is 39.5 Å². The van der Waals surface area contributed by atoms with Crippen LogP contribution in [0.1, 0.15) is 54.5 Å². The lowest BCUT2D eigenvalue weighted by atomic mass is 9.85. The normalized spacial score (nSPS) is 22.8. The van der Waals surface area contributed by atoms with E-state index in [0.29, 0.717) is 17.9 Å². The van der Waals surface area contributed by atoms with E-state index < -0.39 is 0 Å². The van der Waals surface area contributed by atoms with Crippen LogP contribution in [0, 0.1) is 5.92 Å². The van der Waals surface area contributed by atoms with Crippen molar-refractivity contribution in [3.63, 3.8) is 0 Å². The lowest BCUT2D eigenvalue weighted by Crippen LogP contribution is -2.30. The van der Waals surface area contributed by atoms with E-state index in [0.717, 1.165) is 60.0 Å². The molecule has 4 aliphatic carbocycles. The van der Waals surface area contributed by atoms with E-state index in [1.165, 1.54) is 37.2 Å². The largest absolute Gasteiger partial charge is 0.334 e. The van der Waals surface area contributed by atoms with Gasteiger partial charge in [-0.15, -0.1) is 22.7 Å². The molecular formula is C41H34N4S2. The van der Waals surface area contributed by atoms with Crippen LogP contribution in [0.4, 0.5) is 5.69 Å². The van der Waals surface area contributed by atoms with Gasteiger partial charge < -0.3 is 4.90 Å². The van der Waals surface area contributed by atoms with Gasteiger partial charge in [0.05, 0.1) is 10.9 Å². The number of hydrogen-bond acceptors (Lipinski definition) is 6. The molecule has 4 aromatic rings. The molecule has 6 heteroatoms. The number of hydrogen-bond donors (Lipinski definition) is 0. The molecule has 3 unspecified atom stereocenters. The Hall–Kier alpha value is -4.65. The number of rotatable bonds is 6. The summed E-state index contributed by atoms with van der Waals surface area (Å²) in [6, 6.07) is 20.2. The first-order valence-electron chi connectivity index (χ1n) is 16.6. The molecule has 230 valence electrons. The van der Waals surface area contributed by atoms with Crippen molar-refractivity contribution in [1.29, 1.82) is 0 Å². The third-order valence-corrected chi connectivity index (χ3v) is 12.0. The highest BCUT2D eigenvalue weighted by Gasteiger charge is 2.41. The second-order valence-electron chi connectivity index (χ2n) is 12.5. The van der Waals surface area contributed by atoms with Crippen molar-refractivity contribution < 1.29 is 0 Å². The van der Waals surface area contributed by atoms with Crippen molar-refractivity contribution in [2.24, 2.45) is 5.92 Å². The zero-order valence-corrected chi connectivity index (χ0v) is 27.6. The number of fused-ring (bicyclic) bond motifs is 3. The van der Waals surface area contributed by atoms with Gasteiger partial charge in [-0.25, -0.2) is 15.0 Å². The van der Waals surface area contributed by atoms with Gasteiger partial charge in [0.25, 0.3) is 0 Å². The Morgan fingerprint density at radius 1 is 0.702 bits per heavy atom. The Morgan fingerprint density at radius 2 is 1.53 bits per heavy atom. The van der Waals surface area contributed by atoms with Crippen molar-refractivity contribution in [3.05, 3.63) is 155 Å². The molecular weight excluding hydrogens is 613 g/mol. The smallest absolute Gasteiger partial charge is 0.174 e. The lowest BCUT2D eigenvalue weighted by molar-refractivity contribution is 0.699. The third-order valence-electron chi connectivity index (χ3n) is 9.55. The van der Waals surface area contributed by atoms with Gasteiger partial charge in [0, 0.05) is 43.4 Å². The van der Waals surface area contributed by atoms with E-state index in [1.807, 2.05) is 11.3 Å². The molecule has 0 bridgehead atoms. The summed E-state index contributed by atoms with van der Waals surface area (Å²) < 4.78 is 0. The number of nitrogens with zero attached hydrogens (tertiary/aromatic N) is 4. The Bertz CT molecular complexity index is 2100. The number of aromatic nitrogens is 3. The van der Waals surface area contributed by atoms with Crippen LogP contribution in [0.2, 0.25) is 0 Å². The fourth-order valence-corrected chi connectivity index (χ4v) is 9.36. The highest BCUT2D eigenvalue weighted by molar-refractivity contribution is 7.23. The summed E-state index contributed by atoms with van der Waals surface area (Å²) in [7, 11) is 0. The predicted molar refractivity (Wildman–Crippen MR) is 197 cm³/mol. The number of para-hydroxylation sites is 1. The van der Waals surface area contributed by atoms with Crippen molar-refractivity contribution in [2.75, 3.05) is 4.90 Å². The molecule has 4 nitrogen and oxygen atoms in total. The first-order valence-corrected chi connectivity index (χ1v) is 18.2. The van der Waals surface area contributed by atoms with Gasteiger partial charge in [-0.1, -0.05) is 91.1 Å². The minimum Gasteiger partial charge on any atom is -0.334 e. The average molecular weight is 647 g/mol. The first kappa shape index (κ1) is 28.6. The number of allylic oxidation sites excluding steroid dienone is 13. The summed E-state index contributed by atoms with van der Waals surface area (Å²) in [6.07, 6.45) is 32.3. The van der Waals surface area contributed by atoms with E-state index >= 15 is 0 Å². The van der Waals surface area contributed by atoms with Gasteiger partial charge in [-0.05, 0) is 79.6 Å². The fraction of sp³-hybridized carbons (Fsp3) is 0.195. The molecule has 5 aliphatic rings. The SMILES string of the molecule is C1=CCCC(c2nc(C3=CCCC=C3)nc(-c3ccc(-c4ccc(C5C=C6C(=CC5)N(c5ccccc5)C5C=CC=CC65)s4)s3)n2)=C1. The maximum Gasteiger partial charge on any atom is 0.174 e. The molecule has 0 radical (unpaired) electrons. The maximum absolute atomic E-state index is 5.01. The zero-order chi connectivity index (χ0) is 31.2. The lowest BCUT2D eigenvalue weighted by Gasteiger charge is -2.28. The zero-order valence-electron chi connectivity index (χ0n) is 26.0. The minimum absolute atomic E-state index is 0.329. The highest BCUT2D eigenvalue weighted by atomic mass is 32.1. The predicted octanol–water partition coefficient (Wildman–Crippen LogP) is 10.7. The monoisotopic (exact) mass is 646 g/mol. The molecule has 0 N–H and O–H groups in total. The van der Waals surface area contributed by atoms with Gasteiger partial charge in [0.15, 0.2) is 17.5 Å². The van der Waals surface area contributed by atoms with Crippen LogP contribution in [0.5, 0.6) is 0 Å². The molecule has 3 atom stereocenters. The van der Waals surface area contributed by atoms with Crippen molar-refractivity contribution in [2.45, 2.75) is 44.1 Å². The summed E-state index contributed by atoms with van der Waals surface area (Å²) >= 11 is 3.69. The molecule has 3 aromatic heterocycles. The van der Waals surface area contributed by atoms with Gasteiger partial charge in [-0.3, -0.25) is 0 Å². The van der Waals surface area contributed by atoms with E-state index in [9.17, 15) is 0 Å². The standard InChI is InChI=1S/C41H34N4S2/c1-4-12-27(13-5-1)39-42-40(28-14-6-2-7-15-28)44-41(43-39)38-25-24-37(47-38)36-23-22-35(46-36)29-20-21-34-32(26-29)31-18-10-11-19-33(31)45(34)30-16-8-3-9-17-30/h1,3-4,6,8-12,14-19,21-26,29,31,33H,2,5,7,13,20H2. The van der Waals surface area contributed by atoms with Gasteiger partial charge in [-0.2, -0.15) is 0 Å². The van der Waals surface area contributed by atoms with E-state index in [-0.39, 0.29) is 0 Å². The van der Waals surface area contributed by atoms with E-state index in [1.54, 1.807) is 11.3 Å². The van der Waals surface area contributed by atoms with Crippen LogP contribution in [-0.4, -0.2) is 21.0 Å². The molecule has 0 amide bonds. The van der Waals surface area contributed by atoms with Crippen LogP contribution in [0.15, 0.2) is 139 Å². The molecule has 47 heavy (non-hydrogen) atoms. The molecule has 1 fully saturated rings. The summed E-state index contributed by atoms with van der Waals surface area (Å²) in [5.74, 6) is 3.08. The molecule has 1 aromatic carbocycles. The van der Waals surface area contributed by atoms with Crippen LogP contribution >= 0.6 is 22.7 Å². The molecule has 4 heterocycles.